The van der Waals surface area contributed by atoms with E-state index in [4.69, 9.17) is 0 Å². The number of benzene rings is 2. The van der Waals surface area contributed by atoms with Crippen molar-refractivity contribution in [3.8, 4) is 0 Å². The predicted molar refractivity (Wildman–Crippen MR) is 96.3 cm³/mol. The summed E-state index contributed by atoms with van der Waals surface area (Å²) in [4.78, 5) is 0. The summed E-state index contributed by atoms with van der Waals surface area (Å²) in [6, 6.07) is 14.2. The molecule has 0 bridgehead atoms. The van der Waals surface area contributed by atoms with E-state index in [0.717, 1.165) is 23.5 Å². The van der Waals surface area contributed by atoms with Crippen LogP contribution in [0.3, 0.4) is 0 Å². The Kier molecular flexibility index (Phi) is 4.92. The molecular formula is C17H13F3N2O2S2. The van der Waals surface area contributed by atoms with Gasteiger partial charge in [0, 0.05) is 17.1 Å². The standard InChI is InChI=1S/C17H13F3N2O2S2/c18-17(19,20)12-3-5-13(6-4-12)21-14-7-9-15(10-8-14)22-26(23,24)16-2-1-11-25-16/h1-11,21-22H. The van der Waals surface area contributed by atoms with Crippen LogP contribution in [-0.4, -0.2) is 8.42 Å². The predicted octanol–water partition coefficient (Wildman–Crippen LogP) is 5.31. The molecule has 0 fully saturated rings. The molecule has 3 aromatic rings. The molecule has 9 heteroatoms. The summed E-state index contributed by atoms with van der Waals surface area (Å²) in [5, 5.41) is 4.63. The molecule has 0 radical (unpaired) electrons. The molecule has 0 saturated heterocycles. The molecule has 0 saturated carbocycles. The molecule has 0 aliphatic heterocycles. The number of alkyl halides is 3. The SMILES string of the molecule is O=S(=O)(Nc1ccc(Nc2ccc(C(F)(F)F)cc2)cc1)c1cccs1. The molecule has 136 valence electrons. The minimum absolute atomic E-state index is 0.212. The zero-order valence-electron chi connectivity index (χ0n) is 13.1. The highest BCUT2D eigenvalue weighted by molar-refractivity contribution is 7.94. The number of rotatable bonds is 5. The van der Waals surface area contributed by atoms with Gasteiger partial charge in [0.2, 0.25) is 0 Å². The summed E-state index contributed by atoms with van der Waals surface area (Å²) < 4.78 is 64.6. The van der Waals surface area contributed by atoms with Crippen LogP contribution in [0.1, 0.15) is 5.56 Å². The van der Waals surface area contributed by atoms with Crippen molar-refractivity contribution in [1.29, 1.82) is 0 Å². The smallest absolute Gasteiger partial charge is 0.356 e. The monoisotopic (exact) mass is 398 g/mol. The topological polar surface area (TPSA) is 58.2 Å². The second-order valence-corrected chi connectivity index (χ2v) is 8.17. The zero-order valence-corrected chi connectivity index (χ0v) is 14.8. The Labute approximate surface area is 152 Å². The highest BCUT2D eigenvalue weighted by Crippen LogP contribution is 2.30. The summed E-state index contributed by atoms with van der Waals surface area (Å²) in [6.45, 7) is 0. The van der Waals surface area contributed by atoms with E-state index in [-0.39, 0.29) is 4.21 Å². The van der Waals surface area contributed by atoms with E-state index < -0.39 is 21.8 Å². The molecule has 0 amide bonds. The van der Waals surface area contributed by atoms with Gasteiger partial charge in [-0.2, -0.15) is 13.2 Å². The van der Waals surface area contributed by atoms with Gasteiger partial charge in [0.05, 0.1) is 5.56 Å². The maximum absolute atomic E-state index is 12.6. The third kappa shape index (κ3) is 4.36. The molecule has 0 atom stereocenters. The second-order valence-electron chi connectivity index (χ2n) is 5.32. The van der Waals surface area contributed by atoms with E-state index in [1.165, 1.54) is 18.2 Å². The first-order chi connectivity index (χ1) is 12.2. The quantitative estimate of drug-likeness (QED) is 0.612. The number of nitrogens with one attached hydrogen (secondary N) is 2. The van der Waals surface area contributed by atoms with Gasteiger partial charge in [-0.1, -0.05) is 6.07 Å². The number of hydrogen-bond donors (Lipinski definition) is 2. The van der Waals surface area contributed by atoms with E-state index in [1.807, 2.05) is 0 Å². The molecule has 4 nitrogen and oxygen atoms in total. The number of thiophene rings is 1. The van der Waals surface area contributed by atoms with Crippen LogP contribution < -0.4 is 10.0 Å². The van der Waals surface area contributed by atoms with E-state index in [0.29, 0.717) is 17.1 Å². The number of hydrogen-bond acceptors (Lipinski definition) is 4. The van der Waals surface area contributed by atoms with Crippen LogP contribution in [0.15, 0.2) is 70.3 Å². The normalized spacial score (nSPS) is 12.0. The lowest BCUT2D eigenvalue weighted by Gasteiger charge is -2.11. The van der Waals surface area contributed by atoms with Gasteiger partial charge in [-0.05, 0) is 60.0 Å². The van der Waals surface area contributed by atoms with E-state index >= 15 is 0 Å². The van der Waals surface area contributed by atoms with Gasteiger partial charge in [-0.15, -0.1) is 11.3 Å². The van der Waals surface area contributed by atoms with Gasteiger partial charge in [0.1, 0.15) is 4.21 Å². The molecule has 0 spiro atoms. The zero-order chi connectivity index (χ0) is 18.8. The average Bonchev–Trinajstić information content (AvgIpc) is 3.12. The number of sulfonamides is 1. The van der Waals surface area contributed by atoms with Crippen LogP contribution in [-0.2, 0) is 16.2 Å². The largest absolute Gasteiger partial charge is 0.416 e. The van der Waals surface area contributed by atoms with Gasteiger partial charge in [0.15, 0.2) is 0 Å². The summed E-state index contributed by atoms with van der Waals surface area (Å²) in [7, 11) is -3.62. The van der Waals surface area contributed by atoms with Gasteiger partial charge < -0.3 is 5.32 Å². The van der Waals surface area contributed by atoms with Crippen LogP contribution in [0, 0.1) is 0 Å². The van der Waals surface area contributed by atoms with Crippen LogP contribution in [0.2, 0.25) is 0 Å². The van der Waals surface area contributed by atoms with Gasteiger partial charge in [-0.3, -0.25) is 4.72 Å². The maximum Gasteiger partial charge on any atom is 0.416 e. The Morgan fingerprint density at radius 1 is 0.808 bits per heavy atom. The Balaban J connectivity index is 1.68. The first-order valence-corrected chi connectivity index (χ1v) is 9.71. The third-order valence-electron chi connectivity index (χ3n) is 3.40. The number of halogens is 3. The van der Waals surface area contributed by atoms with Crippen LogP contribution in [0.5, 0.6) is 0 Å². The van der Waals surface area contributed by atoms with Crippen molar-refractivity contribution in [1.82, 2.24) is 0 Å². The van der Waals surface area contributed by atoms with E-state index in [9.17, 15) is 21.6 Å². The fourth-order valence-corrected chi connectivity index (χ4v) is 4.20. The van der Waals surface area contributed by atoms with Crippen molar-refractivity contribution in [2.24, 2.45) is 0 Å². The Morgan fingerprint density at radius 3 is 1.85 bits per heavy atom. The van der Waals surface area contributed by atoms with E-state index in [2.05, 4.69) is 10.0 Å². The molecule has 3 rings (SSSR count). The van der Waals surface area contributed by atoms with Crippen molar-refractivity contribution in [3.05, 3.63) is 71.6 Å². The van der Waals surface area contributed by atoms with Crippen molar-refractivity contribution < 1.29 is 21.6 Å². The summed E-state index contributed by atoms with van der Waals surface area (Å²) in [5.74, 6) is 0. The van der Waals surface area contributed by atoms with Gasteiger partial charge in [0.25, 0.3) is 10.0 Å². The summed E-state index contributed by atoms with van der Waals surface area (Å²) in [6.07, 6.45) is -4.38. The van der Waals surface area contributed by atoms with Gasteiger partial charge in [-0.25, -0.2) is 8.42 Å². The highest BCUT2D eigenvalue weighted by atomic mass is 32.2. The lowest BCUT2D eigenvalue weighted by molar-refractivity contribution is -0.137. The fourth-order valence-electron chi connectivity index (χ4n) is 2.15. The molecule has 2 aromatic carbocycles. The molecular weight excluding hydrogens is 385 g/mol. The molecule has 2 N–H and O–H groups in total. The van der Waals surface area contributed by atoms with Crippen molar-refractivity contribution in [2.75, 3.05) is 10.0 Å². The summed E-state index contributed by atoms with van der Waals surface area (Å²) in [5.41, 5.74) is 0.770. The Bertz CT molecular complexity index is 966. The molecule has 0 unspecified atom stereocenters. The van der Waals surface area contributed by atoms with Crippen molar-refractivity contribution in [3.63, 3.8) is 0 Å². The van der Waals surface area contributed by atoms with Crippen molar-refractivity contribution in [2.45, 2.75) is 10.4 Å². The maximum atomic E-state index is 12.6. The molecule has 1 aromatic heterocycles. The molecule has 1 heterocycles. The minimum Gasteiger partial charge on any atom is -0.356 e. The number of anilines is 3. The van der Waals surface area contributed by atoms with E-state index in [1.54, 1.807) is 35.7 Å². The Morgan fingerprint density at radius 2 is 1.35 bits per heavy atom. The first-order valence-electron chi connectivity index (χ1n) is 7.35. The molecule has 26 heavy (non-hydrogen) atoms. The molecule has 0 aliphatic carbocycles. The van der Waals surface area contributed by atoms with Crippen LogP contribution in [0.4, 0.5) is 30.2 Å². The third-order valence-corrected chi connectivity index (χ3v) is 6.18. The lowest BCUT2D eigenvalue weighted by atomic mass is 10.2. The lowest BCUT2D eigenvalue weighted by Crippen LogP contribution is -2.11. The minimum atomic E-state index is -4.38. The second kappa shape index (κ2) is 7.00. The van der Waals surface area contributed by atoms with Gasteiger partial charge >= 0.3 is 6.18 Å². The van der Waals surface area contributed by atoms with Crippen LogP contribution >= 0.6 is 11.3 Å². The van der Waals surface area contributed by atoms with Crippen LogP contribution in [0.25, 0.3) is 0 Å². The average molecular weight is 398 g/mol. The van der Waals surface area contributed by atoms with Crippen molar-refractivity contribution >= 4 is 38.4 Å². The fraction of sp³-hybridized carbons (Fsp3) is 0.0588. The molecule has 0 aliphatic rings. The first kappa shape index (κ1) is 18.3. The Hall–Kier alpha value is -2.52. The highest BCUT2D eigenvalue weighted by Gasteiger charge is 2.29. The summed E-state index contributed by atoms with van der Waals surface area (Å²) >= 11 is 1.11.